The van der Waals surface area contributed by atoms with Crippen LogP contribution in [0.25, 0.3) is 16.7 Å². The first-order valence-corrected chi connectivity index (χ1v) is 11.7. The zero-order valence-corrected chi connectivity index (χ0v) is 22.3. The number of ether oxygens (including phenoxy) is 2. The van der Waals surface area contributed by atoms with Crippen molar-refractivity contribution >= 4 is 29.6 Å². The number of hydrogen-bond donors (Lipinski definition) is 3. The molecule has 0 radical (unpaired) electrons. The van der Waals surface area contributed by atoms with Gasteiger partial charge in [0.15, 0.2) is 0 Å². The molecule has 6 nitrogen and oxygen atoms in total. The topological polar surface area (TPSA) is 93.8 Å². The molecule has 0 saturated carbocycles. The molecule has 4 rings (SSSR count). The summed E-state index contributed by atoms with van der Waals surface area (Å²) in [5, 5.41) is 15.3. The molecule has 196 valence electrons. The van der Waals surface area contributed by atoms with E-state index in [0.29, 0.717) is 33.8 Å². The molecule has 0 spiro atoms. The van der Waals surface area contributed by atoms with Crippen molar-refractivity contribution in [1.82, 2.24) is 0 Å². The second kappa shape index (κ2) is 10.9. The van der Waals surface area contributed by atoms with Crippen molar-refractivity contribution in [3.8, 4) is 22.6 Å². The molecule has 1 heterocycles. The number of hydrogen-bond acceptors (Lipinski definition) is 6. The third-order valence-electron chi connectivity index (χ3n) is 6.34. The van der Waals surface area contributed by atoms with E-state index >= 15 is 0 Å². The van der Waals surface area contributed by atoms with E-state index in [1.807, 2.05) is 26.0 Å². The number of carbonyl (C=O) groups excluding carboxylic acids is 1. The summed E-state index contributed by atoms with van der Waals surface area (Å²) in [7, 11) is 1.52. The minimum absolute atomic E-state index is 0. The van der Waals surface area contributed by atoms with Gasteiger partial charge in [-0.15, -0.1) is 12.4 Å². The predicted molar refractivity (Wildman–Crippen MR) is 147 cm³/mol. The second-order valence-corrected chi connectivity index (χ2v) is 9.57. The van der Waals surface area contributed by atoms with Gasteiger partial charge in [-0.05, 0) is 80.3 Å². The fraction of sp³-hybridized carbons (Fsp3) is 0.276. The fourth-order valence-electron chi connectivity index (χ4n) is 4.86. The first kappa shape index (κ1) is 28.2. The van der Waals surface area contributed by atoms with Gasteiger partial charge >= 0.3 is 5.97 Å². The maximum Gasteiger partial charge on any atom is 0.325 e. The lowest BCUT2D eigenvalue weighted by atomic mass is 9.81. The number of rotatable bonds is 6. The number of aryl methyl sites for hydroxylation is 1. The summed E-state index contributed by atoms with van der Waals surface area (Å²) in [5.41, 5.74) is 11.1. The maximum absolute atomic E-state index is 14.3. The summed E-state index contributed by atoms with van der Waals surface area (Å²) < 4.78 is 25.2. The number of allylic oxidation sites excluding steroid dienone is 1. The summed E-state index contributed by atoms with van der Waals surface area (Å²) in [6, 6.07) is 13.3. The lowest BCUT2D eigenvalue weighted by Crippen LogP contribution is -2.32. The summed E-state index contributed by atoms with van der Waals surface area (Å²) in [6.07, 6.45) is 0.997. The van der Waals surface area contributed by atoms with Crippen LogP contribution >= 0.6 is 12.4 Å². The van der Waals surface area contributed by atoms with Crippen LogP contribution in [0.5, 0.6) is 11.5 Å². The molecule has 37 heavy (non-hydrogen) atoms. The number of nitrogens with two attached hydrogens (primary N) is 1. The SMILES string of the molecule is COc1cc(OC(=O)CN)ccc1-c1ccc2c(c1C(O)c1cc(F)ccc1C)C(C)=CC(C)(C)N2.Cl. The van der Waals surface area contributed by atoms with Gasteiger partial charge in [0.1, 0.15) is 23.4 Å². The Labute approximate surface area is 222 Å². The molecule has 0 fully saturated rings. The molecule has 1 unspecified atom stereocenters. The Hall–Kier alpha value is -3.39. The Morgan fingerprint density at radius 3 is 2.49 bits per heavy atom. The first-order chi connectivity index (χ1) is 17.0. The lowest BCUT2D eigenvalue weighted by Gasteiger charge is -2.34. The molecule has 0 amide bonds. The van der Waals surface area contributed by atoms with E-state index in [1.165, 1.54) is 19.2 Å². The molecule has 1 aliphatic rings. The van der Waals surface area contributed by atoms with Crippen LogP contribution in [0, 0.1) is 12.7 Å². The molecule has 0 aliphatic carbocycles. The number of aliphatic hydroxyl groups is 1. The van der Waals surface area contributed by atoms with Gasteiger partial charge in [-0.25, -0.2) is 4.39 Å². The Balaban J connectivity index is 0.00000380. The van der Waals surface area contributed by atoms with Crippen molar-refractivity contribution in [1.29, 1.82) is 0 Å². The molecule has 8 heteroatoms. The Kier molecular flexibility index (Phi) is 8.32. The molecule has 0 saturated heterocycles. The number of fused-ring (bicyclic) bond motifs is 1. The maximum atomic E-state index is 14.3. The van der Waals surface area contributed by atoms with E-state index in [-0.39, 0.29) is 24.5 Å². The minimum atomic E-state index is -1.11. The van der Waals surface area contributed by atoms with Gasteiger partial charge in [0, 0.05) is 28.4 Å². The monoisotopic (exact) mass is 526 g/mol. The molecule has 4 N–H and O–H groups in total. The highest BCUT2D eigenvalue weighted by atomic mass is 35.5. The minimum Gasteiger partial charge on any atom is -0.496 e. The van der Waals surface area contributed by atoms with Gasteiger partial charge in [-0.1, -0.05) is 18.2 Å². The second-order valence-electron chi connectivity index (χ2n) is 9.57. The van der Waals surface area contributed by atoms with Crippen LogP contribution in [-0.4, -0.2) is 30.3 Å². The molecular formula is C29H32ClFN2O4. The predicted octanol–water partition coefficient (Wildman–Crippen LogP) is 5.78. The Bertz CT molecular complexity index is 1370. The molecule has 3 aromatic rings. The highest BCUT2D eigenvalue weighted by Crippen LogP contribution is 2.47. The number of halogens is 2. The summed E-state index contributed by atoms with van der Waals surface area (Å²) in [5.74, 6) is -0.235. The van der Waals surface area contributed by atoms with Crippen LogP contribution in [0.15, 0.2) is 54.6 Å². The summed E-state index contributed by atoms with van der Waals surface area (Å²) >= 11 is 0. The zero-order valence-electron chi connectivity index (χ0n) is 21.5. The van der Waals surface area contributed by atoms with E-state index in [9.17, 15) is 14.3 Å². The number of anilines is 1. The Morgan fingerprint density at radius 2 is 1.81 bits per heavy atom. The van der Waals surface area contributed by atoms with Gasteiger partial charge in [0.2, 0.25) is 0 Å². The van der Waals surface area contributed by atoms with E-state index < -0.39 is 17.9 Å². The quantitative estimate of drug-likeness (QED) is 0.278. The standard InChI is InChI=1S/C29H31FN2O4.ClH/c1-16-6-7-18(30)12-22(16)28(34)27-21(10-11-23-26(27)17(2)14-29(3,4)32-23)20-9-8-19(13-24(20)35-5)36-25(33)15-31;/h6-14,28,32,34H,15,31H2,1-5H3;1H. The molecule has 3 aromatic carbocycles. The number of benzene rings is 3. The highest BCUT2D eigenvalue weighted by molar-refractivity contribution is 5.89. The average molecular weight is 527 g/mol. The highest BCUT2D eigenvalue weighted by Gasteiger charge is 2.30. The van der Waals surface area contributed by atoms with E-state index in [1.54, 1.807) is 24.3 Å². The third-order valence-corrected chi connectivity index (χ3v) is 6.34. The smallest absolute Gasteiger partial charge is 0.325 e. The van der Waals surface area contributed by atoms with Crippen molar-refractivity contribution in [3.05, 3.63) is 82.7 Å². The number of nitrogens with one attached hydrogen (secondary N) is 1. The van der Waals surface area contributed by atoms with Gasteiger partial charge in [0.05, 0.1) is 19.2 Å². The van der Waals surface area contributed by atoms with Crippen LogP contribution in [-0.2, 0) is 4.79 Å². The van der Waals surface area contributed by atoms with Crippen molar-refractivity contribution < 1.29 is 23.8 Å². The summed E-state index contributed by atoms with van der Waals surface area (Å²) in [4.78, 5) is 11.7. The summed E-state index contributed by atoms with van der Waals surface area (Å²) in [6.45, 7) is 7.76. The van der Waals surface area contributed by atoms with E-state index in [4.69, 9.17) is 15.2 Å². The third kappa shape index (κ3) is 5.64. The first-order valence-electron chi connectivity index (χ1n) is 11.7. The largest absolute Gasteiger partial charge is 0.496 e. The van der Waals surface area contributed by atoms with Crippen LogP contribution in [0.1, 0.15) is 49.1 Å². The molecule has 1 aliphatic heterocycles. The molecule has 0 bridgehead atoms. The number of methoxy groups -OCH3 is 1. The normalized spacial score (nSPS) is 14.4. The van der Waals surface area contributed by atoms with Gasteiger partial charge in [0.25, 0.3) is 0 Å². The molecule has 1 atom stereocenters. The Morgan fingerprint density at radius 1 is 1.11 bits per heavy atom. The van der Waals surface area contributed by atoms with Crippen molar-refractivity contribution in [2.24, 2.45) is 5.73 Å². The van der Waals surface area contributed by atoms with E-state index in [2.05, 4.69) is 25.2 Å². The fourth-order valence-corrected chi connectivity index (χ4v) is 4.86. The number of esters is 1. The van der Waals surface area contributed by atoms with Gasteiger partial charge < -0.3 is 25.6 Å². The average Bonchev–Trinajstić information content (AvgIpc) is 2.83. The van der Waals surface area contributed by atoms with Gasteiger partial charge in [-0.3, -0.25) is 4.79 Å². The van der Waals surface area contributed by atoms with Crippen molar-refractivity contribution in [3.63, 3.8) is 0 Å². The van der Waals surface area contributed by atoms with Crippen molar-refractivity contribution in [2.75, 3.05) is 19.0 Å². The van der Waals surface area contributed by atoms with Crippen molar-refractivity contribution in [2.45, 2.75) is 39.3 Å². The van der Waals surface area contributed by atoms with Crippen LogP contribution < -0.4 is 20.5 Å². The van der Waals surface area contributed by atoms with Gasteiger partial charge in [-0.2, -0.15) is 0 Å². The van der Waals surface area contributed by atoms with Crippen LogP contribution in [0.4, 0.5) is 10.1 Å². The van der Waals surface area contributed by atoms with E-state index in [0.717, 1.165) is 22.4 Å². The number of aliphatic hydroxyl groups excluding tert-OH is 1. The van der Waals surface area contributed by atoms with Crippen LogP contribution in [0.2, 0.25) is 0 Å². The van der Waals surface area contributed by atoms with Crippen LogP contribution in [0.3, 0.4) is 0 Å². The lowest BCUT2D eigenvalue weighted by molar-refractivity contribution is -0.132. The molecular weight excluding hydrogens is 495 g/mol. The molecule has 0 aromatic heterocycles. The zero-order chi connectivity index (χ0) is 26.2. The number of carbonyl (C=O) groups is 1.